The highest BCUT2D eigenvalue weighted by atomic mass is 35.5. The lowest BCUT2D eigenvalue weighted by Crippen LogP contribution is -3.00. The van der Waals surface area contributed by atoms with E-state index < -0.39 is 6.10 Å². The lowest BCUT2D eigenvalue weighted by atomic mass is 9.87. The summed E-state index contributed by atoms with van der Waals surface area (Å²) in [7, 11) is 0. The number of rotatable bonds is 9. The van der Waals surface area contributed by atoms with Gasteiger partial charge in [-0.1, -0.05) is 74.6 Å². The monoisotopic (exact) mass is 403 g/mol. The van der Waals surface area contributed by atoms with E-state index in [1.54, 1.807) is 0 Å². The summed E-state index contributed by atoms with van der Waals surface area (Å²) in [5.41, 5.74) is 2.12. The first kappa shape index (κ1) is 22.7. The highest BCUT2D eigenvalue weighted by molar-refractivity contribution is 5.29. The molecule has 1 fully saturated rings. The third kappa shape index (κ3) is 7.12. The van der Waals surface area contributed by atoms with Gasteiger partial charge < -0.3 is 27.6 Å². The summed E-state index contributed by atoms with van der Waals surface area (Å²) >= 11 is 0. The molecule has 0 spiro atoms. The zero-order valence-corrected chi connectivity index (χ0v) is 17.7. The van der Waals surface area contributed by atoms with E-state index in [1.807, 2.05) is 42.5 Å². The molecule has 0 heterocycles. The number of halogens is 1. The van der Waals surface area contributed by atoms with Crippen LogP contribution in [0.25, 0.3) is 0 Å². The van der Waals surface area contributed by atoms with Crippen LogP contribution in [0.4, 0.5) is 0 Å². The minimum atomic E-state index is -0.445. The van der Waals surface area contributed by atoms with E-state index in [-0.39, 0.29) is 18.4 Å². The molecule has 154 valence electrons. The minimum Gasteiger partial charge on any atom is -1.00 e. The average Bonchev–Trinajstić information content (AvgIpc) is 2.73. The predicted octanol–water partition coefficient (Wildman–Crippen LogP) is 1.23. The van der Waals surface area contributed by atoms with Gasteiger partial charge in [0.15, 0.2) is 0 Å². The zero-order valence-electron chi connectivity index (χ0n) is 16.9. The summed E-state index contributed by atoms with van der Waals surface area (Å²) in [4.78, 5) is 0. The van der Waals surface area contributed by atoms with E-state index in [0.717, 1.165) is 29.3 Å². The topological polar surface area (TPSA) is 46.1 Å². The number of aliphatic hydroxyl groups is 1. The molecule has 1 aliphatic rings. The summed E-state index contributed by atoms with van der Waals surface area (Å²) < 4.78 is 5.83. The van der Waals surface area contributed by atoms with Crippen molar-refractivity contribution < 1.29 is 27.6 Å². The molecular formula is C24H34ClNO2. The maximum Gasteiger partial charge on any atom is 0.130 e. The number of aliphatic hydroxyl groups excluding tert-OH is 1. The van der Waals surface area contributed by atoms with E-state index in [1.165, 1.54) is 38.5 Å². The van der Waals surface area contributed by atoms with Gasteiger partial charge >= 0.3 is 0 Å². The molecule has 28 heavy (non-hydrogen) atoms. The maximum absolute atomic E-state index is 10.7. The molecule has 0 saturated heterocycles. The fourth-order valence-corrected chi connectivity index (χ4v) is 4.01. The summed E-state index contributed by atoms with van der Waals surface area (Å²) in [5.74, 6) is 1.74. The van der Waals surface area contributed by atoms with Crippen LogP contribution in [-0.4, -0.2) is 17.7 Å². The molecule has 3 rings (SSSR count). The van der Waals surface area contributed by atoms with Crippen molar-refractivity contribution in [2.24, 2.45) is 5.92 Å². The Hall–Kier alpha value is -1.55. The van der Waals surface area contributed by atoms with Gasteiger partial charge in [0.25, 0.3) is 0 Å². The molecule has 0 radical (unpaired) electrons. The quantitative estimate of drug-likeness (QED) is 0.661. The van der Waals surface area contributed by atoms with Crippen molar-refractivity contribution in [2.45, 2.75) is 64.2 Å². The van der Waals surface area contributed by atoms with E-state index in [2.05, 4.69) is 24.4 Å². The Balaban J connectivity index is 0.00000280. The number of hydrogen-bond acceptors (Lipinski definition) is 2. The second-order valence-corrected chi connectivity index (χ2v) is 7.96. The normalized spacial score (nSPS) is 16.8. The molecule has 1 aliphatic carbocycles. The van der Waals surface area contributed by atoms with Crippen molar-refractivity contribution in [1.29, 1.82) is 0 Å². The lowest BCUT2D eigenvalue weighted by molar-refractivity contribution is -0.695. The van der Waals surface area contributed by atoms with Gasteiger partial charge in [-0.05, 0) is 42.5 Å². The standard InChI is InChI=1S/C24H33NO2.ClH/c1-19(25-17-16-20-8-4-2-5-9-20)24(26)22-12-14-23(15-13-22)27-18-21-10-6-3-7-11-21;/h3,6-7,10-15,19-20,24-26H,2,4-5,8-9,16-18H2,1H3;1H. The Morgan fingerprint density at radius 1 is 1.00 bits per heavy atom. The highest BCUT2D eigenvalue weighted by Crippen LogP contribution is 2.25. The Bertz CT molecular complexity index is 656. The number of quaternary nitrogens is 1. The minimum absolute atomic E-state index is 0. The molecule has 0 bridgehead atoms. The van der Waals surface area contributed by atoms with Crippen molar-refractivity contribution in [3.8, 4) is 5.75 Å². The molecule has 0 amide bonds. The Kier molecular flexibility index (Phi) is 9.83. The first-order valence-electron chi connectivity index (χ1n) is 10.5. The second-order valence-electron chi connectivity index (χ2n) is 7.96. The highest BCUT2D eigenvalue weighted by Gasteiger charge is 2.20. The Morgan fingerprint density at radius 2 is 1.68 bits per heavy atom. The third-order valence-electron chi connectivity index (χ3n) is 5.81. The Labute approximate surface area is 175 Å². The van der Waals surface area contributed by atoms with Crippen LogP contribution in [0.5, 0.6) is 5.75 Å². The summed E-state index contributed by atoms with van der Waals surface area (Å²) in [5, 5.41) is 13.0. The van der Waals surface area contributed by atoms with Crippen LogP contribution in [0.3, 0.4) is 0 Å². The van der Waals surface area contributed by atoms with Crippen molar-refractivity contribution in [3.63, 3.8) is 0 Å². The van der Waals surface area contributed by atoms with Crippen LogP contribution in [0.1, 0.15) is 62.7 Å². The van der Waals surface area contributed by atoms with Crippen LogP contribution in [0.15, 0.2) is 54.6 Å². The van der Waals surface area contributed by atoms with Gasteiger partial charge in [-0.3, -0.25) is 0 Å². The first-order chi connectivity index (χ1) is 13.2. The summed E-state index contributed by atoms with van der Waals surface area (Å²) in [6, 6.07) is 18.2. The van der Waals surface area contributed by atoms with Crippen LogP contribution in [-0.2, 0) is 6.61 Å². The molecule has 3 nitrogen and oxygen atoms in total. The molecule has 4 heteroatoms. The molecule has 1 saturated carbocycles. The van der Waals surface area contributed by atoms with Gasteiger partial charge in [0.05, 0.1) is 6.54 Å². The average molecular weight is 404 g/mol. The zero-order chi connectivity index (χ0) is 18.9. The molecule has 0 aromatic heterocycles. The molecule has 2 atom stereocenters. The van der Waals surface area contributed by atoms with Gasteiger partial charge in [-0.2, -0.15) is 0 Å². The predicted molar refractivity (Wildman–Crippen MR) is 110 cm³/mol. The van der Waals surface area contributed by atoms with Gasteiger partial charge in [-0.25, -0.2) is 0 Å². The van der Waals surface area contributed by atoms with Crippen LogP contribution >= 0.6 is 0 Å². The number of hydrogen-bond donors (Lipinski definition) is 2. The van der Waals surface area contributed by atoms with E-state index >= 15 is 0 Å². The summed E-state index contributed by atoms with van der Waals surface area (Å²) in [6.07, 6.45) is 7.86. The van der Waals surface area contributed by atoms with Crippen LogP contribution in [0, 0.1) is 5.92 Å². The molecule has 3 N–H and O–H groups in total. The van der Waals surface area contributed by atoms with Gasteiger partial charge in [0.1, 0.15) is 24.5 Å². The fraction of sp³-hybridized carbons (Fsp3) is 0.500. The smallest absolute Gasteiger partial charge is 0.130 e. The summed E-state index contributed by atoms with van der Waals surface area (Å²) in [6.45, 7) is 3.79. The van der Waals surface area contributed by atoms with Crippen molar-refractivity contribution in [1.82, 2.24) is 0 Å². The number of nitrogens with two attached hydrogens (primary N) is 1. The second kappa shape index (κ2) is 12.1. The largest absolute Gasteiger partial charge is 1.00 e. The fourth-order valence-electron chi connectivity index (χ4n) is 4.01. The molecule has 0 aliphatic heterocycles. The van der Waals surface area contributed by atoms with Crippen LogP contribution in [0.2, 0.25) is 0 Å². The van der Waals surface area contributed by atoms with Crippen molar-refractivity contribution in [3.05, 3.63) is 65.7 Å². The van der Waals surface area contributed by atoms with Gasteiger partial charge in [0.2, 0.25) is 0 Å². The maximum atomic E-state index is 10.7. The molecule has 2 unspecified atom stereocenters. The van der Waals surface area contributed by atoms with E-state index in [9.17, 15) is 5.11 Å². The van der Waals surface area contributed by atoms with Crippen molar-refractivity contribution >= 4 is 0 Å². The first-order valence-corrected chi connectivity index (χ1v) is 10.5. The van der Waals surface area contributed by atoms with E-state index in [4.69, 9.17) is 4.74 Å². The van der Waals surface area contributed by atoms with Crippen LogP contribution < -0.4 is 22.5 Å². The van der Waals surface area contributed by atoms with Gasteiger partial charge in [0, 0.05) is 0 Å². The van der Waals surface area contributed by atoms with E-state index in [0.29, 0.717) is 6.61 Å². The molecular weight excluding hydrogens is 370 g/mol. The van der Waals surface area contributed by atoms with Crippen molar-refractivity contribution in [2.75, 3.05) is 6.54 Å². The Morgan fingerprint density at radius 3 is 2.36 bits per heavy atom. The third-order valence-corrected chi connectivity index (χ3v) is 5.81. The number of ether oxygens (including phenoxy) is 1. The SMILES string of the molecule is CC([NH2+]CCC1CCCCC1)C(O)c1ccc(OCc2ccccc2)cc1.[Cl-]. The van der Waals surface area contributed by atoms with Gasteiger partial charge in [-0.15, -0.1) is 0 Å². The molecule has 2 aromatic carbocycles. The number of benzene rings is 2. The molecule has 2 aromatic rings. The lowest BCUT2D eigenvalue weighted by Gasteiger charge is -2.22.